The highest BCUT2D eigenvalue weighted by molar-refractivity contribution is 5.92. The second kappa shape index (κ2) is 5.50. The van der Waals surface area contributed by atoms with E-state index in [1.54, 1.807) is 0 Å². The van der Waals surface area contributed by atoms with Crippen molar-refractivity contribution in [1.82, 2.24) is 0 Å². The maximum Gasteiger partial charge on any atom is 0.0991 e. The van der Waals surface area contributed by atoms with Gasteiger partial charge in [-0.2, -0.15) is 5.26 Å². The van der Waals surface area contributed by atoms with Crippen molar-refractivity contribution >= 4 is 10.8 Å². The number of nitrogens with zero attached hydrogens (tertiary/aromatic N) is 1. The third-order valence-corrected chi connectivity index (χ3v) is 2.87. The van der Waals surface area contributed by atoms with E-state index < -0.39 is 0 Å². The van der Waals surface area contributed by atoms with Crippen LogP contribution < -0.4 is 0 Å². The second-order valence-corrected chi connectivity index (χ2v) is 4.03. The molecule has 2 aromatic rings. The largest absolute Gasteiger partial charge is 0.192 e. The van der Waals surface area contributed by atoms with Crippen LogP contribution in [-0.2, 0) is 0 Å². The molecule has 1 nitrogen and oxygen atoms in total. The highest BCUT2D eigenvalue weighted by Gasteiger charge is 2.05. The molecule has 0 fully saturated rings. The lowest BCUT2D eigenvalue weighted by molar-refractivity contribution is 1.40. The molecule has 0 spiro atoms. The zero-order valence-electron chi connectivity index (χ0n) is 11.3. The fraction of sp³-hybridized carbons (Fsp3) is 0.312. The molecular formula is C16H19N. The molecule has 0 saturated heterocycles. The van der Waals surface area contributed by atoms with E-state index >= 15 is 0 Å². The van der Waals surface area contributed by atoms with Gasteiger partial charge >= 0.3 is 0 Å². The van der Waals surface area contributed by atoms with Gasteiger partial charge in [-0.3, -0.25) is 0 Å². The van der Waals surface area contributed by atoms with Crippen LogP contribution in [0.2, 0.25) is 0 Å². The molecule has 0 aliphatic carbocycles. The van der Waals surface area contributed by atoms with E-state index in [0.29, 0.717) is 0 Å². The minimum atomic E-state index is 0.744. The van der Waals surface area contributed by atoms with Gasteiger partial charge in [0.2, 0.25) is 0 Å². The van der Waals surface area contributed by atoms with Crippen molar-refractivity contribution in [3.8, 4) is 6.07 Å². The van der Waals surface area contributed by atoms with Crippen molar-refractivity contribution in [3.05, 3.63) is 46.5 Å². The van der Waals surface area contributed by atoms with Crippen LogP contribution in [0.1, 0.15) is 36.1 Å². The third-order valence-electron chi connectivity index (χ3n) is 2.87. The van der Waals surface area contributed by atoms with E-state index in [4.69, 9.17) is 5.26 Å². The van der Waals surface area contributed by atoms with Gasteiger partial charge in [0.25, 0.3) is 0 Å². The zero-order valence-corrected chi connectivity index (χ0v) is 11.3. The number of hydrogen-bond acceptors (Lipinski definition) is 1. The van der Waals surface area contributed by atoms with Gasteiger partial charge in [-0.1, -0.05) is 26.0 Å². The average Bonchev–Trinajstić information content (AvgIpc) is 2.35. The number of benzene rings is 2. The first-order valence-electron chi connectivity index (χ1n) is 6.04. The van der Waals surface area contributed by atoms with Gasteiger partial charge in [-0.25, -0.2) is 0 Å². The molecule has 0 radical (unpaired) electrons. The Bertz CT molecular complexity index is 574. The van der Waals surface area contributed by atoms with Crippen LogP contribution in [0, 0.1) is 32.1 Å². The molecule has 0 saturated carbocycles. The van der Waals surface area contributed by atoms with E-state index in [9.17, 15) is 0 Å². The molecule has 0 aliphatic heterocycles. The molecule has 0 bridgehead atoms. The van der Waals surface area contributed by atoms with Gasteiger partial charge in [0, 0.05) is 0 Å². The molecule has 1 heteroatoms. The Morgan fingerprint density at radius 3 is 2.06 bits per heavy atom. The quantitative estimate of drug-likeness (QED) is 0.639. The van der Waals surface area contributed by atoms with E-state index in [1.807, 2.05) is 26.0 Å². The van der Waals surface area contributed by atoms with Crippen molar-refractivity contribution in [2.75, 3.05) is 0 Å². The van der Waals surface area contributed by atoms with E-state index in [2.05, 4.69) is 39.0 Å². The smallest absolute Gasteiger partial charge is 0.0991 e. The lowest BCUT2D eigenvalue weighted by atomic mass is 9.95. The van der Waals surface area contributed by atoms with Crippen molar-refractivity contribution in [2.24, 2.45) is 0 Å². The monoisotopic (exact) mass is 225 g/mol. The van der Waals surface area contributed by atoms with Crippen molar-refractivity contribution in [3.63, 3.8) is 0 Å². The predicted molar refractivity (Wildman–Crippen MR) is 74.2 cm³/mol. The summed E-state index contributed by atoms with van der Waals surface area (Å²) in [5, 5.41) is 11.4. The van der Waals surface area contributed by atoms with Gasteiger partial charge in [-0.05, 0) is 60.4 Å². The average molecular weight is 225 g/mol. The van der Waals surface area contributed by atoms with Crippen molar-refractivity contribution in [2.45, 2.75) is 34.6 Å². The molecule has 0 unspecified atom stereocenters. The Morgan fingerprint density at radius 1 is 0.882 bits per heavy atom. The molecule has 0 atom stereocenters. The van der Waals surface area contributed by atoms with Gasteiger partial charge < -0.3 is 0 Å². The molecule has 2 rings (SSSR count). The minimum Gasteiger partial charge on any atom is -0.192 e. The Hall–Kier alpha value is -1.81. The highest BCUT2D eigenvalue weighted by atomic mass is 14.2. The minimum absolute atomic E-state index is 0.744. The number of nitriles is 1. The number of hydrogen-bond donors (Lipinski definition) is 0. The van der Waals surface area contributed by atoms with Crippen molar-refractivity contribution in [1.29, 1.82) is 5.26 Å². The van der Waals surface area contributed by atoms with Gasteiger partial charge in [0.15, 0.2) is 0 Å². The van der Waals surface area contributed by atoms with Gasteiger partial charge in [-0.15, -0.1) is 0 Å². The van der Waals surface area contributed by atoms with E-state index in [1.165, 1.54) is 27.5 Å². The maximum absolute atomic E-state index is 8.93. The summed E-state index contributed by atoms with van der Waals surface area (Å²) in [5.74, 6) is 0. The second-order valence-electron chi connectivity index (χ2n) is 4.03. The van der Waals surface area contributed by atoms with Gasteiger partial charge in [0.1, 0.15) is 0 Å². The van der Waals surface area contributed by atoms with Crippen LogP contribution in [0.5, 0.6) is 0 Å². The third kappa shape index (κ3) is 2.47. The molecule has 0 N–H and O–H groups in total. The molecule has 2 aromatic carbocycles. The summed E-state index contributed by atoms with van der Waals surface area (Å²) in [6, 6.07) is 10.4. The predicted octanol–water partition coefficient (Wildman–Crippen LogP) is 4.66. The Labute approximate surface area is 104 Å². The summed E-state index contributed by atoms with van der Waals surface area (Å²) in [6.45, 7) is 10.3. The lowest BCUT2D eigenvalue weighted by Gasteiger charge is -2.09. The zero-order chi connectivity index (χ0) is 13.0. The topological polar surface area (TPSA) is 23.8 Å². The molecular weight excluding hydrogens is 206 g/mol. The first kappa shape index (κ1) is 13.3. The number of rotatable bonds is 0. The molecule has 88 valence electrons. The van der Waals surface area contributed by atoms with E-state index in [-0.39, 0.29) is 0 Å². The van der Waals surface area contributed by atoms with Crippen molar-refractivity contribution < 1.29 is 0 Å². The summed E-state index contributed by atoms with van der Waals surface area (Å²) in [6.07, 6.45) is 0. The first-order valence-corrected chi connectivity index (χ1v) is 6.04. The normalized spacial score (nSPS) is 9.41. The van der Waals surface area contributed by atoms with Crippen LogP contribution in [0.15, 0.2) is 24.3 Å². The Balaban J connectivity index is 0.000000686. The summed E-state index contributed by atoms with van der Waals surface area (Å²) in [4.78, 5) is 0. The Kier molecular flexibility index (Phi) is 4.29. The summed E-state index contributed by atoms with van der Waals surface area (Å²) in [7, 11) is 0. The lowest BCUT2D eigenvalue weighted by Crippen LogP contribution is -1.88. The fourth-order valence-corrected chi connectivity index (χ4v) is 2.11. The highest BCUT2D eigenvalue weighted by Crippen LogP contribution is 2.26. The van der Waals surface area contributed by atoms with Crippen LogP contribution in [-0.4, -0.2) is 0 Å². The number of aryl methyl sites for hydroxylation is 3. The van der Waals surface area contributed by atoms with Crippen LogP contribution in [0.3, 0.4) is 0 Å². The van der Waals surface area contributed by atoms with E-state index in [0.717, 1.165) is 5.56 Å². The molecule has 0 aliphatic rings. The number of fused-ring (bicyclic) bond motifs is 1. The van der Waals surface area contributed by atoms with Gasteiger partial charge in [0.05, 0.1) is 11.6 Å². The summed E-state index contributed by atoms with van der Waals surface area (Å²) in [5.41, 5.74) is 4.44. The Morgan fingerprint density at radius 2 is 1.47 bits per heavy atom. The molecule has 0 aromatic heterocycles. The maximum atomic E-state index is 8.93. The molecule has 0 amide bonds. The molecule has 0 heterocycles. The molecule has 17 heavy (non-hydrogen) atoms. The standard InChI is InChI=1S/C14H13N.C2H6/c1-9-4-5-10(2)14-11(3)6-12(8-15)7-13(9)14;1-2/h4-7H,1-3H3;1-2H3. The fourth-order valence-electron chi connectivity index (χ4n) is 2.11. The van der Waals surface area contributed by atoms with Crippen LogP contribution in [0.4, 0.5) is 0 Å². The first-order chi connectivity index (χ1) is 8.13. The van der Waals surface area contributed by atoms with Crippen LogP contribution >= 0.6 is 0 Å². The SMILES string of the molecule is CC.Cc1ccc(C)c2c(C)cc(C#N)cc12. The summed E-state index contributed by atoms with van der Waals surface area (Å²) < 4.78 is 0. The summed E-state index contributed by atoms with van der Waals surface area (Å²) >= 11 is 0. The van der Waals surface area contributed by atoms with Crippen LogP contribution in [0.25, 0.3) is 10.8 Å².